The summed E-state index contributed by atoms with van der Waals surface area (Å²) in [6.07, 6.45) is 5.10. The zero-order chi connectivity index (χ0) is 13.1. The zero-order valence-corrected chi connectivity index (χ0v) is 11.5. The van der Waals surface area contributed by atoms with E-state index in [2.05, 4.69) is 43.1 Å². The Morgan fingerprint density at radius 2 is 2.06 bits per heavy atom. The Balaban J connectivity index is 2.36. The Labute approximate surface area is 111 Å². The second kappa shape index (κ2) is 9.86. The van der Waals surface area contributed by atoms with Crippen molar-refractivity contribution >= 4 is 0 Å². The molecular formula is C16H25NO. The molecule has 0 aromatic heterocycles. The minimum absolute atomic E-state index is 0.722. The monoisotopic (exact) mass is 247 g/mol. The lowest BCUT2D eigenvalue weighted by molar-refractivity contribution is 0.118. The van der Waals surface area contributed by atoms with E-state index in [9.17, 15) is 0 Å². The molecular weight excluding hydrogens is 222 g/mol. The van der Waals surface area contributed by atoms with Gasteiger partial charge in [0.2, 0.25) is 0 Å². The van der Waals surface area contributed by atoms with Gasteiger partial charge >= 0.3 is 0 Å². The van der Waals surface area contributed by atoms with Crippen LogP contribution in [-0.4, -0.2) is 19.7 Å². The van der Waals surface area contributed by atoms with Crippen molar-refractivity contribution in [1.82, 2.24) is 5.32 Å². The molecule has 18 heavy (non-hydrogen) atoms. The van der Waals surface area contributed by atoms with Crippen LogP contribution in [0.3, 0.4) is 0 Å². The summed E-state index contributed by atoms with van der Waals surface area (Å²) in [5.74, 6) is 0. The maximum Gasteiger partial charge on any atom is 0.0719 e. The van der Waals surface area contributed by atoms with E-state index in [-0.39, 0.29) is 0 Å². The number of nitrogens with one attached hydrogen (secondary N) is 1. The topological polar surface area (TPSA) is 21.3 Å². The summed E-state index contributed by atoms with van der Waals surface area (Å²) in [6.45, 7) is 9.44. The summed E-state index contributed by atoms with van der Waals surface area (Å²) >= 11 is 0. The molecule has 0 heterocycles. The first-order chi connectivity index (χ1) is 8.88. The molecule has 0 fully saturated rings. The van der Waals surface area contributed by atoms with Crippen LogP contribution in [0.2, 0.25) is 0 Å². The Morgan fingerprint density at radius 1 is 1.28 bits per heavy atom. The molecule has 0 atom stereocenters. The SMILES string of the molecule is C=CCCCOCc1ccccc1CCNCC. The number of rotatable bonds is 10. The molecule has 2 nitrogen and oxygen atoms in total. The number of benzene rings is 1. The quantitative estimate of drug-likeness (QED) is 0.506. The average molecular weight is 247 g/mol. The van der Waals surface area contributed by atoms with Gasteiger partial charge in [0.25, 0.3) is 0 Å². The molecule has 0 saturated carbocycles. The van der Waals surface area contributed by atoms with Crippen molar-refractivity contribution < 1.29 is 4.74 Å². The number of hydrogen-bond acceptors (Lipinski definition) is 2. The van der Waals surface area contributed by atoms with E-state index in [0.717, 1.165) is 45.6 Å². The fourth-order valence-corrected chi connectivity index (χ4v) is 1.85. The molecule has 1 rings (SSSR count). The normalized spacial score (nSPS) is 10.5. The Morgan fingerprint density at radius 3 is 2.78 bits per heavy atom. The van der Waals surface area contributed by atoms with E-state index in [1.165, 1.54) is 11.1 Å². The summed E-state index contributed by atoms with van der Waals surface area (Å²) in [5, 5.41) is 3.36. The maximum absolute atomic E-state index is 5.70. The minimum Gasteiger partial charge on any atom is -0.377 e. The van der Waals surface area contributed by atoms with Crippen LogP contribution in [0, 0.1) is 0 Å². The van der Waals surface area contributed by atoms with E-state index < -0.39 is 0 Å². The Bertz CT molecular complexity index is 336. The van der Waals surface area contributed by atoms with Crippen LogP contribution < -0.4 is 5.32 Å². The van der Waals surface area contributed by atoms with E-state index in [1.54, 1.807) is 0 Å². The molecule has 1 aromatic carbocycles. The van der Waals surface area contributed by atoms with Gasteiger partial charge < -0.3 is 10.1 Å². The van der Waals surface area contributed by atoms with Crippen LogP contribution in [0.4, 0.5) is 0 Å². The van der Waals surface area contributed by atoms with E-state index >= 15 is 0 Å². The third kappa shape index (κ3) is 5.99. The van der Waals surface area contributed by atoms with Gasteiger partial charge in [-0.3, -0.25) is 0 Å². The van der Waals surface area contributed by atoms with Crippen molar-refractivity contribution in [2.45, 2.75) is 32.8 Å². The van der Waals surface area contributed by atoms with Gasteiger partial charge in [0.1, 0.15) is 0 Å². The lowest BCUT2D eigenvalue weighted by atomic mass is 10.1. The summed E-state index contributed by atoms with van der Waals surface area (Å²) in [4.78, 5) is 0. The van der Waals surface area contributed by atoms with Crippen LogP contribution in [0.1, 0.15) is 30.9 Å². The number of ether oxygens (including phenoxy) is 1. The maximum atomic E-state index is 5.70. The van der Waals surface area contributed by atoms with Crippen molar-refractivity contribution in [2.24, 2.45) is 0 Å². The van der Waals surface area contributed by atoms with Crippen LogP contribution >= 0.6 is 0 Å². The molecule has 0 unspecified atom stereocenters. The lowest BCUT2D eigenvalue weighted by Gasteiger charge is -2.10. The first-order valence-corrected chi connectivity index (χ1v) is 6.84. The summed E-state index contributed by atoms with van der Waals surface area (Å²) in [7, 11) is 0. The number of unbranched alkanes of at least 4 members (excludes halogenated alkanes) is 1. The average Bonchev–Trinajstić information content (AvgIpc) is 2.40. The number of likely N-dealkylation sites (N-methyl/N-ethyl adjacent to an activating group) is 1. The molecule has 0 aliphatic carbocycles. The first kappa shape index (κ1) is 14.9. The molecule has 1 aromatic rings. The van der Waals surface area contributed by atoms with Gasteiger partial charge in [-0.25, -0.2) is 0 Å². The van der Waals surface area contributed by atoms with Gasteiger partial charge in [-0.05, 0) is 43.5 Å². The highest BCUT2D eigenvalue weighted by Gasteiger charge is 2.01. The van der Waals surface area contributed by atoms with Crippen molar-refractivity contribution in [1.29, 1.82) is 0 Å². The summed E-state index contributed by atoms with van der Waals surface area (Å²) in [5.41, 5.74) is 2.70. The van der Waals surface area contributed by atoms with E-state index in [0.29, 0.717) is 0 Å². The van der Waals surface area contributed by atoms with E-state index in [1.807, 2.05) is 6.08 Å². The third-order valence-electron chi connectivity index (χ3n) is 2.89. The fraction of sp³-hybridized carbons (Fsp3) is 0.500. The molecule has 0 aliphatic heterocycles. The molecule has 0 spiro atoms. The Kier molecular flexibility index (Phi) is 8.19. The predicted octanol–water partition coefficient (Wildman–Crippen LogP) is 3.32. The second-order valence-electron chi connectivity index (χ2n) is 4.36. The highest BCUT2D eigenvalue weighted by molar-refractivity contribution is 5.26. The zero-order valence-electron chi connectivity index (χ0n) is 11.5. The molecule has 0 saturated heterocycles. The van der Waals surface area contributed by atoms with Crippen molar-refractivity contribution in [2.75, 3.05) is 19.7 Å². The molecule has 100 valence electrons. The van der Waals surface area contributed by atoms with Gasteiger partial charge in [0, 0.05) is 6.61 Å². The number of hydrogen-bond donors (Lipinski definition) is 1. The Hall–Kier alpha value is -1.12. The van der Waals surface area contributed by atoms with Gasteiger partial charge in [-0.1, -0.05) is 37.3 Å². The molecule has 0 amide bonds. The molecule has 2 heteroatoms. The van der Waals surface area contributed by atoms with E-state index in [4.69, 9.17) is 4.74 Å². The third-order valence-corrected chi connectivity index (χ3v) is 2.89. The van der Waals surface area contributed by atoms with Gasteiger partial charge in [0.15, 0.2) is 0 Å². The summed E-state index contributed by atoms with van der Waals surface area (Å²) in [6, 6.07) is 8.54. The molecule has 0 bridgehead atoms. The highest BCUT2D eigenvalue weighted by Crippen LogP contribution is 2.11. The molecule has 0 aliphatic rings. The van der Waals surface area contributed by atoms with Crippen molar-refractivity contribution in [3.63, 3.8) is 0 Å². The minimum atomic E-state index is 0.722. The largest absolute Gasteiger partial charge is 0.377 e. The smallest absolute Gasteiger partial charge is 0.0719 e. The lowest BCUT2D eigenvalue weighted by Crippen LogP contribution is -2.16. The van der Waals surface area contributed by atoms with Crippen LogP contribution in [0.15, 0.2) is 36.9 Å². The molecule has 1 N–H and O–H groups in total. The first-order valence-electron chi connectivity index (χ1n) is 6.84. The van der Waals surface area contributed by atoms with Crippen molar-refractivity contribution in [3.05, 3.63) is 48.0 Å². The van der Waals surface area contributed by atoms with Crippen LogP contribution in [0.25, 0.3) is 0 Å². The highest BCUT2D eigenvalue weighted by atomic mass is 16.5. The summed E-state index contributed by atoms with van der Waals surface area (Å²) < 4.78 is 5.70. The van der Waals surface area contributed by atoms with Crippen LogP contribution in [0.5, 0.6) is 0 Å². The number of allylic oxidation sites excluding steroid dienone is 1. The second-order valence-corrected chi connectivity index (χ2v) is 4.36. The fourth-order valence-electron chi connectivity index (χ4n) is 1.85. The predicted molar refractivity (Wildman–Crippen MR) is 77.8 cm³/mol. The van der Waals surface area contributed by atoms with Gasteiger partial charge in [0.05, 0.1) is 6.61 Å². The standard InChI is InChI=1S/C16H25NO/c1-3-5-8-13-18-14-16-10-7-6-9-15(16)11-12-17-4-2/h3,6-7,9-10,17H,1,4-5,8,11-14H2,2H3. The van der Waals surface area contributed by atoms with Gasteiger partial charge in [-0.2, -0.15) is 0 Å². The molecule has 0 radical (unpaired) electrons. The van der Waals surface area contributed by atoms with Crippen LogP contribution in [-0.2, 0) is 17.8 Å². The van der Waals surface area contributed by atoms with Crippen molar-refractivity contribution in [3.8, 4) is 0 Å². The van der Waals surface area contributed by atoms with Gasteiger partial charge in [-0.15, -0.1) is 6.58 Å².